The first-order valence-corrected chi connectivity index (χ1v) is 9.25. The van der Waals surface area contributed by atoms with E-state index in [9.17, 15) is 5.11 Å². The second kappa shape index (κ2) is 13.3. The first kappa shape index (κ1) is 19.9. The largest absolute Gasteiger partial charge is 0.391 e. The zero-order chi connectivity index (χ0) is 16.0. The molecule has 1 atom stereocenters. The van der Waals surface area contributed by atoms with Gasteiger partial charge in [-0.2, -0.15) is 0 Å². The number of unbranched alkanes of at least 4 members (excludes halogenated alkanes) is 8. The molecule has 0 amide bonds. The molecule has 1 aliphatic heterocycles. The summed E-state index contributed by atoms with van der Waals surface area (Å²) in [4.78, 5) is 0. The quantitative estimate of drug-likeness (QED) is 0.521. The highest BCUT2D eigenvalue weighted by Gasteiger charge is 2.22. The Balaban J connectivity index is 1.86. The van der Waals surface area contributed by atoms with E-state index in [1.807, 2.05) is 0 Å². The molecule has 1 N–H and O–H groups in total. The van der Waals surface area contributed by atoms with E-state index < -0.39 is 6.10 Å². The third-order valence-electron chi connectivity index (χ3n) is 4.05. The van der Waals surface area contributed by atoms with Gasteiger partial charge in [-0.05, 0) is 19.8 Å². The van der Waals surface area contributed by atoms with Crippen LogP contribution < -0.4 is 0 Å². The van der Waals surface area contributed by atoms with Crippen LogP contribution in [0.1, 0.15) is 78.1 Å². The van der Waals surface area contributed by atoms with Crippen molar-refractivity contribution in [2.45, 2.75) is 96.6 Å². The van der Waals surface area contributed by atoms with Crippen LogP contribution in [0.25, 0.3) is 0 Å². The highest BCUT2D eigenvalue weighted by Crippen LogP contribution is 2.16. The van der Waals surface area contributed by atoms with Gasteiger partial charge in [0, 0.05) is 0 Å². The van der Waals surface area contributed by atoms with Crippen molar-refractivity contribution < 1.29 is 19.3 Å². The van der Waals surface area contributed by atoms with E-state index in [0.717, 1.165) is 6.42 Å². The molecule has 0 saturated carbocycles. The van der Waals surface area contributed by atoms with Crippen LogP contribution in [0, 0.1) is 0 Å². The highest BCUT2D eigenvalue weighted by molar-refractivity contribution is 4.63. The summed E-state index contributed by atoms with van der Waals surface area (Å²) in [6.07, 6.45) is 12.5. The summed E-state index contributed by atoms with van der Waals surface area (Å²) in [5.41, 5.74) is 0. The summed E-state index contributed by atoms with van der Waals surface area (Å²) in [6, 6.07) is 0. The Labute approximate surface area is 136 Å². The third kappa shape index (κ3) is 10.5. The zero-order valence-electron chi connectivity index (χ0n) is 14.6. The van der Waals surface area contributed by atoms with Crippen LogP contribution in [-0.4, -0.2) is 43.4 Å². The van der Waals surface area contributed by atoms with Gasteiger partial charge in [-0.25, -0.2) is 0 Å². The Kier molecular flexibility index (Phi) is 12.0. The summed E-state index contributed by atoms with van der Waals surface area (Å²) >= 11 is 0. The van der Waals surface area contributed by atoms with Crippen LogP contribution in [0.2, 0.25) is 0 Å². The Morgan fingerprint density at radius 2 is 1.50 bits per heavy atom. The van der Waals surface area contributed by atoms with Crippen molar-refractivity contribution in [2.24, 2.45) is 0 Å². The lowest BCUT2D eigenvalue weighted by Crippen LogP contribution is -2.38. The van der Waals surface area contributed by atoms with E-state index in [-0.39, 0.29) is 12.4 Å². The first-order chi connectivity index (χ1) is 10.7. The molecule has 4 nitrogen and oxygen atoms in total. The second-order valence-electron chi connectivity index (χ2n) is 6.52. The van der Waals surface area contributed by atoms with E-state index >= 15 is 0 Å². The Morgan fingerprint density at radius 3 is 2.05 bits per heavy atom. The summed E-state index contributed by atoms with van der Waals surface area (Å²) in [5.74, 6) is 0. The van der Waals surface area contributed by atoms with E-state index in [0.29, 0.717) is 19.8 Å². The van der Waals surface area contributed by atoms with Crippen LogP contribution in [0.15, 0.2) is 0 Å². The standard InChI is InChI=1S/C18H36O4/c1-3-4-5-6-7-8-9-10-11-12-18-21-14-17(15-22-18)20-13-16(2)19/h16-19H,3-15H2,1-2H3. The molecule has 0 radical (unpaired) electrons. The fourth-order valence-electron chi connectivity index (χ4n) is 2.69. The third-order valence-corrected chi connectivity index (χ3v) is 4.05. The summed E-state index contributed by atoms with van der Waals surface area (Å²) < 4.78 is 16.8. The minimum atomic E-state index is -0.431. The predicted molar refractivity (Wildman–Crippen MR) is 89.0 cm³/mol. The molecule has 1 fully saturated rings. The number of rotatable bonds is 13. The van der Waals surface area contributed by atoms with E-state index in [4.69, 9.17) is 14.2 Å². The predicted octanol–water partition coefficient (Wildman–Crippen LogP) is 4.05. The lowest BCUT2D eigenvalue weighted by Gasteiger charge is -2.29. The van der Waals surface area contributed by atoms with Crippen molar-refractivity contribution in [1.82, 2.24) is 0 Å². The molecule has 0 aliphatic carbocycles. The van der Waals surface area contributed by atoms with Gasteiger partial charge in [0.15, 0.2) is 6.29 Å². The van der Waals surface area contributed by atoms with Gasteiger partial charge in [0.2, 0.25) is 0 Å². The molecule has 1 unspecified atom stereocenters. The van der Waals surface area contributed by atoms with Gasteiger partial charge >= 0.3 is 0 Å². The molecule has 1 saturated heterocycles. The molecule has 0 aromatic carbocycles. The molecule has 0 aromatic heterocycles. The SMILES string of the molecule is CCCCCCCCCCCC1OCC(OCC(C)O)CO1. The maximum Gasteiger partial charge on any atom is 0.157 e. The van der Waals surface area contributed by atoms with E-state index in [1.54, 1.807) is 6.92 Å². The molecule has 132 valence electrons. The number of hydrogen-bond donors (Lipinski definition) is 1. The summed E-state index contributed by atoms with van der Waals surface area (Å²) in [6.45, 7) is 5.48. The van der Waals surface area contributed by atoms with Gasteiger partial charge in [-0.15, -0.1) is 0 Å². The number of ether oxygens (including phenoxy) is 3. The average molecular weight is 316 g/mol. The van der Waals surface area contributed by atoms with E-state index in [2.05, 4.69) is 6.92 Å². The topological polar surface area (TPSA) is 47.9 Å². The lowest BCUT2D eigenvalue weighted by atomic mass is 10.1. The molecular weight excluding hydrogens is 280 g/mol. The number of aliphatic hydroxyl groups is 1. The highest BCUT2D eigenvalue weighted by atomic mass is 16.7. The van der Waals surface area contributed by atoms with Crippen molar-refractivity contribution in [2.75, 3.05) is 19.8 Å². The minimum Gasteiger partial charge on any atom is -0.391 e. The molecular formula is C18H36O4. The summed E-state index contributed by atoms with van der Waals surface area (Å²) in [5, 5.41) is 9.18. The van der Waals surface area contributed by atoms with Crippen LogP contribution in [0.3, 0.4) is 0 Å². The molecule has 1 heterocycles. The van der Waals surface area contributed by atoms with Crippen molar-refractivity contribution in [1.29, 1.82) is 0 Å². The maximum atomic E-state index is 9.18. The van der Waals surface area contributed by atoms with Gasteiger partial charge in [0.05, 0.1) is 25.9 Å². The van der Waals surface area contributed by atoms with E-state index in [1.165, 1.54) is 57.8 Å². The molecule has 0 bridgehead atoms. The van der Waals surface area contributed by atoms with Crippen LogP contribution in [0.4, 0.5) is 0 Å². The van der Waals surface area contributed by atoms with Crippen molar-refractivity contribution in [3.05, 3.63) is 0 Å². The van der Waals surface area contributed by atoms with Crippen molar-refractivity contribution in [3.8, 4) is 0 Å². The molecule has 1 aliphatic rings. The Morgan fingerprint density at radius 1 is 0.955 bits per heavy atom. The number of hydrogen-bond acceptors (Lipinski definition) is 4. The molecule has 4 heteroatoms. The lowest BCUT2D eigenvalue weighted by molar-refractivity contribution is -0.231. The molecule has 22 heavy (non-hydrogen) atoms. The van der Waals surface area contributed by atoms with Crippen molar-refractivity contribution >= 4 is 0 Å². The Bertz CT molecular complexity index is 237. The summed E-state index contributed by atoms with van der Waals surface area (Å²) in [7, 11) is 0. The molecule has 0 spiro atoms. The smallest absolute Gasteiger partial charge is 0.157 e. The van der Waals surface area contributed by atoms with Gasteiger partial charge in [-0.1, -0.05) is 58.3 Å². The van der Waals surface area contributed by atoms with Crippen molar-refractivity contribution in [3.63, 3.8) is 0 Å². The van der Waals surface area contributed by atoms with Crippen LogP contribution in [-0.2, 0) is 14.2 Å². The molecule has 0 aromatic rings. The van der Waals surface area contributed by atoms with Gasteiger partial charge < -0.3 is 19.3 Å². The van der Waals surface area contributed by atoms with Gasteiger partial charge in [0.25, 0.3) is 0 Å². The second-order valence-corrected chi connectivity index (χ2v) is 6.52. The van der Waals surface area contributed by atoms with Crippen LogP contribution in [0.5, 0.6) is 0 Å². The fourth-order valence-corrected chi connectivity index (χ4v) is 2.69. The van der Waals surface area contributed by atoms with Crippen LogP contribution >= 0.6 is 0 Å². The zero-order valence-corrected chi connectivity index (χ0v) is 14.6. The fraction of sp³-hybridized carbons (Fsp3) is 1.00. The average Bonchev–Trinajstić information content (AvgIpc) is 2.52. The minimum absolute atomic E-state index is 0.0334. The van der Waals surface area contributed by atoms with Gasteiger partial charge in [-0.3, -0.25) is 0 Å². The maximum absolute atomic E-state index is 9.18. The molecule has 1 rings (SSSR count). The van der Waals surface area contributed by atoms with Gasteiger partial charge in [0.1, 0.15) is 6.10 Å². The number of aliphatic hydroxyl groups excluding tert-OH is 1. The normalized spacial score (nSPS) is 23.6. The monoisotopic (exact) mass is 316 g/mol. The Hall–Kier alpha value is -0.160. The first-order valence-electron chi connectivity index (χ1n) is 9.25.